The summed E-state index contributed by atoms with van der Waals surface area (Å²) in [5.41, 5.74) is 6.41. The van der Waals surface area contributed by atoms with Gasteiger partial charge in [-0.2, -0.15) is 13.2 Å². The van der Waals surface area contributed by atoms with Crippen molar-refractivity contribution in [1.29, 1.82) is 0 Å². The zero-order chi connectivity index (χ0) is 22.4. The van der Waals surface area contributed by atoms with Crippen molar-refractivity contribution >= 4 is 11.7 Å². The molecule has 7 heteroatoms. The largest absolute Gasteiger partial charge is 0.481 e. The SMILES string of the molecule is C=C(NOCc1ccc(C(F)(F)F)cc1)c1ccc(-c2cccc(CC(=O)O)c2)cc1. The number of rotatable bonds is 8. The molecule has 31 heavy (non-hydrogen) atoms. The first-order chi connectivity index (χ1) is 14.7. The maximum absolute atomic E-state index is 12.6. The van der Waals surface area contributed by atoms with Crippen molar-refractivity contribution in [2.75, 3.05) is 0 Å². The van der Waals surface area contributed by atoms with Crippen LogP contribution in [-0.2, 0) is 28.8 Å². The molecule has 2 N–H and O–H groups in total. The third-order valence-electron chi connectivity index (χ3n) is 4.56. The molecular weight excluding hydrogens is 407 g/mol. The Morgan fingerprint density at radius 3 is 2.23 bits per heavy atom. The quantitative estimate of drug-likeness (QED) is 0.454. The number of halogens is 3. The molecule has 0 saturated heterocycles. The standard InChI is InChI=1S/C24H20F3NO3/c1-16(28-31-15-17-5-11-22(12-6-17)24(25,26)27)19-7-9-20(10-8-19)21-4-2-3-18(13-21)14-23(29)30/h2-13,28H,1,14-15H2,(H,29,30). The summed E-state index contributed by atoms with van der Waals surface area (Å²) in [6, 6.07) is 19.5. The van der Waals surface area contributed by atoms with Crippen molar-refractivity contribution in [3.63, 3.8) is 0 Å². The highest BCUT2D eigenvalue weighted by molar-refractivity contribution is 5.73. The van der Waals surface area contributed by atoms with E-state index in [4.69, 9.17) is 9.94 Å². The van der Waals surface area contributed by atoms with E-state index in [-0.39, 0.29) is 13.0 Å². The van der Waals surface area contributed by atoms with E-state index in [0.29, 0.717) is 11.3 Å². The average Bonchev–Trinajstić information content (AvgIpc) is 2.73. The van der Waals surface area contributed by atoms with Gasteiger partial charge in [-0.15, -0.1) is 0 Å². The monoisotopic (exact) mass is 427 g/mol. The average molecular weight is 427 g/mol. The minimum Gasteiger partial charge on any atom is -0.481 e. The molecule has 0 unspecified atom stereocenters. The van der Waals surface area contributed by atoms with E-state index in [1.807, 2.05) is 42.5 Å². The summed E-state index contributed by atoms with van der Waals surface area (Å²) < 4.78 is 37.8. The lowest BCUT2D eigenvalue weighted by Gasteiger charge is -2.12. The first-order valence-electron chi connectivity index (χ1n) is 9.37. The summed E-state index contributed by atoms with van der Waals surface area (Å²) >= 11 is 0. The van der Waals surface area contributed by atoms with Gasteiger partial charge in [0.25, 0.3) is 0 Å². The molecule has 3 aromatic carbocycles. The fourth-order valence-electron chi connectivity index (χ4n) is 2.95. The Kier molecular flexibility index (Phi) is 6.77. The molecule has 3 aromatic rings. The van der Waals surface area contributed by atoms with Gasteiger partial charge in [-0.25, -0.2) is 0 Å². The third kappa shape index (κ3) is 6.20. The topological polar surface area (TPSA) is 58.6 Å². The molecular formula is C24H20F3NO3. The Morgan fingerprint density at radius 1 is 0.935 bits per heavy atom. The summed E-state index contributed by atoms with van der Waals surface area (Å²) in [5.74, 6) is -0.883. The van der Waals surface area contributed by atoms with Gasteiger partial charge in [-0.3, -0.25) is 15.1 Å². The highest BCUT2D eigenvalue weighted by Gasteiger charge is 2.29. The number of carboxylic acid groups (broad SMARTS) is 1. The van der Waals surface area contributed by atoms with Crippen LogP contribution in [0.5, 0.6) is 0 Å². The Morgan fingerprint density at radius 2 is 1.61 bits per heavy atom. The van der Waals surface area contributed by atoms with Gasteiger partial charge < -0.3 is 5.11 Å². The molecule has 0 heterocycles. The molecule has 3 rings (SSSR count). The second kappa shape index (κ2) is 9.49. The van der Waals surface area contributed by atoms with Gasteiger partial charge in [0.05, 0.1) is 24.3 Å². The lowest BCUT2D eigenvalue weighted by atomic mass is 10.0. The number of carboxylic acids is 1. The third-order valence-corrected chi connectivity index (χ3v) is 4.56. The van der Waals surface area contributed by atoms with Gasteiger partial charge in [0.15, 0.2) is 0 Å². The van der Waals surface area contributed by atoms with Crippen LogP contribution in [0, 0.1) is 0 Å². The van der Waals surface area contributed by atoms with Crippen molar-refractivity contribution in [3.05, 3.63) is 102 Å². The van der Waals surface area contributed by atoms with Crippen LogP contribution in [0.4, 0.5) is 13.2 Å². The minimum absolute atomic E-state index is 0.0388. The Bertz CT molecular complexity index is 1060. The minimum atomic E-state index is -4.37. The highest BCUT2D eigenvalue weighted by Crippen LogP contribution is 2.29. The fourth-order valence-corrected chi connectivity index (χ4v) is 2.95. The maximum atomic E-state index is 12.6. The van der Waals surface area contributed by atoms with E-state index in [0.717, 1.165) is 34.4 Å². The molecule has 0 saturated carbocycles. The van der Waals surface area contributed by atoms with Crippen LogP contribution in [-0.4, -0.2) is 11.1 Å². The summed E-state index contributed by atoms with van der Waals surface area (Å²) in [6.45, 7) is 3.98. The van der Waals surface area contributed by atoms with E-state index in [1.54, 1.807) is 6.07 Å². The molecule has 0 spiro atoms. The number of hydroxylamine groups is 1. The Hall–Kier alpha value is -3.58. The number of hydrogen-bond acceptors (Lipinski definition) is 3. The molecule has 0 aromatic heterocycles. The molecule has 160 valence electrons. The van der Waals surface area contributed by atoms with E-state index in [1.165, 1.54) is 12.1 Å². The molecule has 0 fully saturated rings. The van der Waals surface area contributed by atoms with Gasteiger partial charge in [0, 0.05) is 0 Å². The number of hydrogen-bond donors (Lipinski definition) is 2. The van der Waals surface area contributed by atoms with E-state index < -0.39 is 17.7 Å². The van der Waals surface area contributed by atoms with E-state index in [9.17, 15) is 18.0 Å². The Labute approximate surface area is 177 Å². The van der Waals surface area contributed by atoms with Gasteiger partial charge in [-0.05, 0) is 39.9 Å². The zero-order valence-electron chi connectivity index (χ0n) is 16.4. The predicted molar refractivity (Wildman–Crippen MR) is 112 cm³/mol. The molecule has 0 atom stereocenters. The smallest absolute Gasteiger partial charge is 0.416 e. The van der Waals surface area contributed by atoms with E-state index >= 15 is 0 Å². The number of nitrogens with one attached hydrogen (secondary N) is 1. The molecule has 4 nitrogen and oxygen atoms in total. The van der Waals surface area contributed by atoms with Crippen LogP contribution in [0.2, 0.25) is 0 Å². The molecule has 0 aliphatic rings. The molecule has 0 aliphatic heterocycles. The van der Waals surface area contributed by atoms with Crippen LogP contribution < -0.4 is 5.48 Å². The van der Waals surface area contributed by atoms with Crippen molar-refractivity contribution in [2.45, 2.75) is 19.2 Å². The molecule has 0 radical (unpaired) electrons. The van der Waals surface area contributed by atoms with Gasteiger partial charge in [-0.1, -0.05) is 67.2 Å². The number of alkyl halides is 3. The van der Waals surface area contributed by atoms with Crippen LogP contribution in [0.3, 0.4) is 0 Å². The fraction of sp³-hybridized carbons (Fsp3) is 0.125. The number of carbonyl (C=O) groups is 1. The van der Waals surface area contributed by atoms with Crippen LogP contribution in [0.15, 0.2) is 79.4 Å². The van der Waals surface area contributed by atoms with Gasteiger partial charge in [0.2, 0.25) is 0 Å². The Balaban J connectivity index is 1.56. The lowest BCUT2D eigenvalue weighted by Crippen LogP contribution is -2.12. The normalized spacial score (nSPS) is 11.2. The van der Waals surface area contributed by atoms with Crippen molar-refractivity contribution < 1.29 is 27.9 Å². The first kappa shape index (κ1) is 22.1. The first-order valence-corrected chi connectivity index (χ1v) is 9.37. The second-order valence-electron chi connectivity index (χ2n) is 6.91. The zero-order valence-corrected chi connectivity index (χ0v) is 16.4. The van der Waals surface area contributed by atoms with Crippen molar-refractivity contribution in [3.8, 4) is 11.1 Å². The van der Waals surface area contributed by atoms with Crippen LogP contribution in [0.1, 0.15) is 22.3 Å². The van der Waals surface area contributed by atoms with Crippen LogP contribution in [0.25, 0.3) is 16.8 Å². The summed E-state index contributed by atoms with van der Waals surface area (Å²) in [7, 11) is 0. The molecule has 0 aliphatic carbocycles. The summed E-state index contributed by atoms with van der Waals surface area (Å²) in [6.07, 6.45) is -4.40. The number of benzene rings is 3. The maximum Gasteiger partial charge on any atom is 0.416 e. The predicted octanol–water partition coefficient (Wildman–Crippen LogP) is 5.69. The molecule has 0 bridgehead atoms. The van der Waals surface area contributed by atoms with E-state index in [2.05, 4.69) is 12.1 Å². The van der Waals surface area contributed by atoms with Crippen molar-refractivity contribution in [1.82, 2.24) is 5.48 Å². The van der Waals surface area contributed by atoms with Crippen molar-refractivity contribution in [2.24, 2.45) is 0 Å². The second-order valence-corrected chi connectivity index (χ2v) is 6.91. The lowest BCUT2D eigenvalue weighted by molar-refractivity contribution is -0.138. The van der Waals surface area contributed by atoms with Crippen LogP contribution >= 0.6 is 0 Å². The summed E-state index contributed by atoms with van der Waals surface area (Å²) in [4.78, 5) is 16.2. The van der Waals surface area contributed by atoms with Gasteiger partial charge >= 0.3 is 12.1 Å². The molecule has 0 amide bonds. The number of aliphatic carboxylic acids is 1. The van der Waals surface area contributed by atoms with Gasteiger partial charge in [0.1, 0.15) is 0 Å². The summed E-state index contributed by atoms with van der Waals surface area (Å²) in [5, 5.41) is 8.94. The highest BCUT2D eigenvalue weighted by atomic mass is 19.4.